The first-order chi connectivity index (χ1) is 16.8. The zero-order valence-corrected chi connectivity index (χ0v) is 21.9. The smallest absolute Gasteiger partial charge is 0.253 e. The summed E-state index contributed by atoms with van der Waals surface area (Å²) in [5, 5.41) is 17.8. The summed E-state index contributed by atoms with van der Waals surface area (Å²) in [6.07, 6.45) is 1.63. The summed E-state index contributed by atoms with van der Waals surface area (Å²) in [5.74, 6) is 0.0712. The van der Waals surface area contributed by atoms with Crippen LogP contribution in [0, 0.1) is 13.8 Å². The molecule has 12 heteroatoms. The number of thiazole rings is 1. The van der Waals surface area contributed by atoms with Gasteiger partial charge in [-0.3, -0.25) is 14.2 Å². The summed E-state index contributed by atoms with van der Waals surface area (Å²) in [5.41, 5.74) is 3.31. The van der Waals surface area contributed by atoms with E-state index in [0.29, 0.717) is 26.7 Å². The second kappa shape index (κ2) is 11.2. The van der Waals surface area contributed by atoms with Gasteiger partial charge in [0.25, 0.3) is 5.91 Å². The molecular weight excluding hydrogens is 527 g/mol. The average molecular weight is 547 g/mol. The van der Waals surface area contributed by atoms with Crippen LogP contribution in [0.4, 0.5) is 5.13 Å². The van der Waals surface area contributed by atoms with Gasteiger partial charge in [-0.1, -0.05) is 47.1 Å². The number of aromatic nitrogens is 4. The number of carbonyl (C=O) groups excluding carboxylic acids is 2. The number of rotatable bonds is 8. The van der Waals surface area contributed by atoms with Gasteiger partial charge in [-0.05, 0) is 49.2 Å². The van der Waals surface area contributed by atoms with Crippen molar-refractivity contribution < 1.29 is 9.59 Å². The number of benzene rings is 2. The third-order valence-corrected chi connectivity index (χ3v) is 7.28. The molecule has 35 heavy (non-hydrogen) atoms. The molecule has 0 saturated heterocycles. The van der Waals surface area contributed by atoms with E-state index < -0.39 is 0 Å². The molecule has 0 unspecified atom stereocenters. The molecule has 0 aliphatic heterocycles. The third-order valence-electron chi connectivity index (χ3n) is 5.11. The van der Waals surface area contributed by atoms with Gasteiger partial charge < -0.3 is 10.6 Å². The highest BCUT2D eigenvalue weighted by atomic mass is 35.5. The fourth-order valence-electron chi connectivity index (χ4n) is 3.23. The van der Waals surface area contributed by atoms with E-state index in [9.17, 15) is 9.59 Å². The molecule has 0 spiro atoms. The van der Waals surface area contributed by atoms with Crippen molar-refractivity contribution in [3.05, 3.63) is 80.5 Å². The van der Waals surface area contributed by atoms with Gasteiger partial charge in [0.05, 0.1) is 28.6 Å². The Balaban J connectivity index is 1.57. The monoisotopic (exact) mass is 546 g/mol. The SMILES string of the molecule is Cc1cccc(-n2c(CNC(=O)c3ccc(Cl)cc3Cl)nnc2SCC(=O)Nc2nccs2)c1C. The van der Waals surface area contributed by atoms with Crippen LogP contribution in [0.2, 0.25) is 10.0 Å². The average Bonchev–Trinajstić information content (AvgIpc) is 3.47. The molecule has 0 atom stereocenters. The normalized spacial score (nSPS) is 10.9. The summed E-state index contributed by atoms with van der Waals surface area (Å²) in [6, 6.07) is 10.6. The van der Waals surface area contributed by atoms with Gasteiger partial charge in [-0.2, -0.15) is 0 Å². The molecule has 2 aromatic heterocycles. The molecule has 0 bridgehead atoms. The van der Waals surface area contributed by atoms with Crippen LogP contribution in [0.5, 0.6) is 0 Å². The molecule has 0 aliphatic rings. The van der Waals surface area contributed by atoms with E-state index >= 15 is 0 Å². The van der Waals surface area contributed by atoms with Gasteiger partial charge in [0.2, 0.25) is 5.91 Å². The lowest BCUT2D eigenvalue weighted by atomic mass is 10.1. The lowest BCUT2D eigenvalue weighted by Crippen LogP contribution is -2.25. The Labute approximate surface area is 220 Å². The maximum atomic E-state index is 12.7. The summed E-state index contributed by atoms with van der Waals surface area (Å²) < 4.78 is 1.85. The molecule has 2 amide bonds. The topological polar surface area (TPSA) is 102 Å². The van der Waals surface area contributed by atoms with E-state index in [0.717, 1.165) is 16.8 Å². The van der Waals surface area contributed by atoms with Crippen LogP contribution in [0.1, 0.15) is 27.3 Å². The summed E-state index contributed by atoms with van der Waals surface area (Å²) in [4.78, 5) is 29.2. The van der Waals surface area contributed by atoms with Gasteiger partial charge in [0.15, 0.2) is 16.1 Å². The minimum atomic E-state index is -0.362. The Morgan fingerprint density at radius 1 is 1.14 bits per heavy atom. The number of hydrogen-bond acceptors (Lipinski definition) is 7. The van der Waals surface area contributed by atoms with Crippen molar-refractivity contribution in [2.75, 3.05) is 11.1 Å². The predicted octanol–water partition coefficient (Wildman–Crippen LogP) is 5.31. The van der Waals surface area contributed by atoms with E-state index in [-0.39, 0.29) is 29.1 Å². The van der Waals surface area contributed by atoms with E-state index in [2.05, 4.69) is 25.8 Å². The van der Waals surface area contributed by atoms with Crippen LogP contribution in [-0.2, 0) is 11.3 Å². The predicted molar refractivity (Wildman–Crippen MR) is 140 cm³/mol. The molecule has 2 heterocycles. The first kappa shape index (κ1) is 25.2. The van der Waals surface area contributed by atoms with Gasteiger partial charge in [0, 0.05) is 16.6 Å². The third kappa shape index (κ3) is 6.02. The molecule has 2 N–H and O–H groups in total. The van der Waals surface area contributed by atoms with E-state index in [4.69, 9.17) is 23.2 Å². The second-order valence-electron chi connectivity index (χ2n) is 7.43. The van der Waals surface area contributed by atoms with Gasteiger partial charge >= 0.3 is 0 Å². The van der Waals surface area contributed by atoms with Gasteiger partial charge in [-0.25, -0.2) is 4.98 Å². The van der Waals surface area contributed by atoms with Crippen LogP contribution < -0.4 is 10.6 Å². The fraction of sp³-hybridized carbons (Fsp3) is 0.174. The van der Waals surface area contributed by atoms with Crippen LogP contribution in [0.3, 0.4) is 0 Å². The highest BCUT2D eigenvalue weighted by Gasteiger charge is 2.19. The molecule has 8 nitrogen and oxygen atoms in total. The quantitative estimate of drug-likeness (QED) is 0.290. The van der Waals surface area contributed by atoms with Crippen molar-refractivity contribution in [1.82, 2.24) is 25.1 Å². The van der Waals surface area contributed by atoms with Crippen molar-refractivity contribution in [2.45, 2.75) is 25.5 Å². The van der Waals surface area contributed by atoms with Crippen LogP contribution in [0.25, 0.3) is 5.69 Å². The van der Waals surface area contributed by atoms with Crippen molar-refractivity contribution >= 4 is 63.2 Å². The highest BCUT2D eigenvalue weighted by molar-refractivity contribution is 7.99. The number of aryl methyl sites for hydroxylation is 1. The Hall–Kier alpha value is -2.92. The molecule has 0 radical (unpaired) electrons. The van der Waals surface area contributed by atoms with Crippen LogP contribution in [0.15, 0.2) is 53.1 Å². The van der Waals surface area contributed by atoms with Crippen molar-refractivity contribution in [2.24, 2.45) is 0 Å². The number of thioether (sulfide) groups is 1. The molecule has 2 aromatic carbocycles. The first-order valence-corrected chi connectivity index (χ1v) is 13.0. The molecule has 0 aliphatic carbocycles. The second-order valence-corrected chi connectivity index (χ2v) is 10.1. The maximum Gasteiger partial charge on any atom is 0.253 e. The number of anilines is 1. The molecule has 180 valence electrons. The molecule has 0 saturated carbocycles. The van der Waals surface area contributed by atoms with E-state index in [1.165, 1.54) is 29.2 Å². The standard InChI is InChI=1S/C23H20Cl2N6O2S2/c1-13-4-3-5-18(14(13)2)31-19(11-27-21(33)16-7-6-15(24)10-17(16)25)29-30-23(31)35-12-20(32)28-22-26-8-9-34-22/h3-10H,11-12H2,1-2H3,(H,27,33)(H,26,28,32). The lowest BCUT2D eigenvalue weighted by molar-refractivity contribution is -0.113. The number of amides is 2. The number of nitrogens with zero attached hydrogens (tertiary/aromatic N) is 4. The summed E-state index contributed by atoms with van der Waals surface area (Å²) in [7, 11) is 0. The Morgan fingerprint density at radius 2 is 1.97 bits per heavy atom. The highest BCUT2D eigenvalue weighted by Crippen LogP contribution is 2.26. The minimum Gasteiger partial charge on any atom is -0.345 e. The van der Waals surface area contributed by atoms with E-state index in [1.54, 1.807) is 23.7 Å². The molecule has 4 aromatic rings. The molecular formula is C23H20Cl2N6O2S2. The number of hydrogen-bond donors (Lipinski definition) is 2. The lowest BCUT2D eigenvalue weighted by Gasteiger charge is -2.15. The van der Waals surface area contributed by atoms with Crippen LogP contribution in [-0.4, -0.2) is 37.3 Å². The first-order valence-electron chi connectivity index (χ1n) is 10.4. The minimum absolute atomic E-state index is 0.101. The van der Waals surface area contributed by atoms with Crippen molar-refractivity contribution in [3.8, 4) is 5.69 Å². The zero-order valence-electron chi connectivity index (χ0n) is 18.7. The van der Waals surface area contributed by atoms with Crippen LogP contribution >= 0.6 is 46.3 Å². The Kier molecular flexibility index (Phi) is 8.07. The van der Waals surface area contributed by atoms with Gasteiger partial charge in [0.1, 0.15) is 0 Å². The Bertz CT molecular complexity index is 1370. The largest absolute Gasteiger partial charge is 0.345 e. The van der Waals surface area contributed by atoms with Crippen molar-refractivity contribution in [1.29, 1.82) is 0 Å². The number of carbonyl (C=O) groups is 2. The summed E-state index contributed by atoms with van der Waals surface area (Å²) in [6.45, 7) is 4.12. The fourth-order valence-corrected chi connectivity index (χ4v) is 5.03. The molecule has 4 rings (SSSR count). The summed E-state index contributed by atoms with van der Waals surface area (Å²) >= 11 is 14.7. The maximum absolute atomic E-state index is 12.7. The van der Waals surface area contributed by atoms with Gasteiger partial charge in [-0.15, -0.1) is 21.5 Å². The Morgan fingerprint density at radius 3 is 2.71 bits per heavy atom. The zero-order chi connectivity index (χ0) is 24.9. The number of halogens is 2. The van der Waals surface area contributed by atoms with Crippen molar-refractivity contribution in [3.63, 3.8) is 0 Å². The molecule has 0 fully saturated rings. The number of nitrogens with one attached hydrogen (secondary N) is 2. The van der Waals surface area contributed by atoms with E-state index in [1.807, 2.05) is 36.6 Å².